The first-order valence-corrected chi connectivity index (χ1v) is 8.22. The molecule has 2 aromatic rings. The lowest BCUT2D eigenvalue weighted by atomic mass is 10.0. The van der Waals surface area contributed by atoms with Crippen molar-refractivity contribution < 1.29 is 13.2 Å². The molecule has 0 spiro atoms. The summed E-state index contributed by atoms with van der Waals surface area (Å²) in [6, 6.07) is 5.91. The van der Waals surface area contributed by atoms with E-state index in [9.17, 15) is 8.78 Å². The molecule has 1 N–H and O–H groups in total. The van der Waals surface area contributed by atoms with E-state index in [0.717, 1.165) is 13.0 Å². The highest BCUT2D eigenvalue weighted by Crippen LogP contribution is 2.28. The fourth-order valence-electron chi connectivity index (χ4n) is 2.07. The molecule has 1 aromatic heterocycles. The van der Waals surface area contributed by atoms with Crippen molar-refractivity contribution >= 4 is 31.9 Å². The SMILES string of the molecule is CCCNC(Cc1c(F)ccc(Br)c1F)c1ccc(Br)o1. The number of benzene rings is 1. The fourth-order valence-corrected chi connectivity index (χ4v) is 2.76. The van der Waals surface area contributed by atoms with Gasteiger partial charge >= 0.3 is 0 Å². The summed E-state index contributed by atoms with van der Waals surface area (Å²) in [7, 11) is 0. The van der Waals surface area contributed by atoms with E-state index in [-0.39, 0.29) is 22.5 Å². The van der Waals surface area contributed by atoms with Crippen LogP contribution in [-0.2, 0) is 6.42 Å². The number of hydrogen-bond donors (Lipinski definition) is 1. The molecule has 1 aromatic carbocycles. The minimum atomic E-state index is -0.566. The van der Waals surface area contributed by atoms with Crippen molar-refractivity contribution in [2.45, 2.75) is 25.8 Å². The predicted molar refractivity (Wildman–Crippen MR) is 85.2 cm³/mol. The van der Waals surface area contributed by atoms with E-state index < -0.39 is 11.6 Å². The third-order valence-corrected chi connectivity index (χ3v) is 4.16. The van der Waals surface area contributed by atoms with Crippen LogP contribution in [0, 0.1) is 11.6 Å². The van der Waals surface area contributed by atoms with Gasteiger partial charge in [-0.1, -0.05) is 6.92 Å². The maximum Gasteiger partial charge on any atom is 0.169 e. The molecule has 0 aliphatic rings. The molecule has 1 atom stereocenters. The monoisotopic (exact) mass is 421 g/mol. The number of furan rings is 1. The lowest BCUT2D eigenvalue weighted by molar-refractivity contribution is 0.392. The van der Waals surface area contributed by atoms with Crippen LogP contribution in [0.15, 0.2) is 37.8 Å². The van der Waals surface area contributed by atoms with Gasteiger partial charge in [0.2, 0.25) is 0 Å². The Balaban J connectivity index is 2.29. The maximum atomic E-state index is 14.1. The van der Waals surface area contributed by atoms with Crippen molar-refractivity contribution in [2.24, 2.45) is 0 Å². The average molecular weight is 423 g/mol. The summed E-state index contributed by atoms with van der Waals surface area (Å²) in [5.74, 6) is -0.470. The van der Waals surface area contributed by atoms with E-state index in [1.807, 2.05) is 6.92 Å². The average Bonchev–Trinajstić information content (AvgIpc) is 2.89. The smallest absolute Gasteiger partial charge is 0.169 e. The van der Waals surface area contributed by atoms with Gasteiger partial charge in [-0.15, -0.1) is 0 Å². The maximum absolute atomic E-state index is 14.1. The highest BCUT2D eigenvalue weighted by molar-refractivity contribution is 9.10. The van der Waals surface area contributed by atoms with Gasteiger partial charge in [0.25, 0.3) is 0 Å². The van der Waals surface area contributed by atoms with E-state index >= 15 is 0 Å². The van der Waals surface area contributed by atoms with Gasteiger partial charge in [-0.05, 0) is 69.1 Å². The predicted octanol–water partition coefficient (Wildman–Crippen LogP) is 5.37. The van der Waals surface area contributed by atoms with Gasteiger partial charge in [0.15, 0.2) is 4.67 Å². The van der Waals surface area contributed by atoms with Gasteiger partial charge in [0.1, 0.15) is 17.4 Å². The molecule has 0 fully saturated rings. The molecule has 6 heteroatoms. The lowest BCUT2D eigenvalue weighted by Crippen LogP contribution is -2.24. The normalized spacial score (nSPS) is 12.6. The quantitative estimate of drug-likeness (QED) is 0.633. The van der Waals surface area contributed by atoms with E-state index in [2.05, 4.69) is 37.2 Å². The van der Waals surface area contributed by atoms with Gasteiger partial charge in [0, 0.05) is 12.0 Å². The first kappa shape index (κ1) is 16.6. The second-order valence-electron chi connectivity index (χ2n) is 4.67. The molecule has 0 aliphatic heterocycles. The van der Waals surface area contributed by atoms with Gasteiger partial charge in [0.05, 0.1) is 10.5 Å². The van der Waals surface area contributed by atoms with Gasteiger partial charge in [-0.3, -0.25) is 0 Å². The van der Waals surface area contributed by atoms with Crippen LogP contribution in [0.3, 0.4) is 0 Å². The fraction of sp³-hybridized carbons (Fsp3) is 0.333. The number of halogens is 4. The summed E-state index contributed by atoms with van der Waals surface area (Å²) in [4.78, 5) is 0. The zero-order valence-corrected chi connectivity index (χ0v) is 14.6. The molecule has 0 saturated heterocycles. The van der Waals surface area contributed by atoms with Crippen molar-refractivity contribution in [3.8, 4) is 0 Å². The van der Waals surface area contributed by atoms with Crippen molar-refractivity contribution in [3.63, 3.8) is 0 Å². The molecule has 0 aliphatic carbocycles. The minimum Gasteiger partial charge on any atom is -0.453 e. The van der Waals surface area contributed by atoms with Crippen molar-refractivity contribution in [1.82, 2.24) is 5.32 Å². The zero-order chi connectivity index (χ0) is 15.4. The summed E-state index contributed by atoms with van der Waals surface area (Å²) in [5, 5.41) is 3.26. The Hall–Kier alpha value is -0.720. The van der Waals surface area contributed by atoms with E-state index in [0.29, 0.717) is 10.4 Å². The second-order valence-corrected chi connectivity index (χ2v) is 6.31. The summed E-state index contributed by atoms with van der Waals surface area (Å²) in [6.45, 7) is 2.77. The minimum absolute atomic E-state index is 0.0468. The Labute approximate surface area is 139 Å². The molecule has 0 saturated carbocycles. The van der Waals surface area contributed by atoms with Crippen LogP contribution in [-0.4, -0.2) is 6.54 Å². The van der Waals surface area contributed by atoms with Gasteiger partial charge < -0.3 is 9.73 Å². The largest absolute Gasteiger partial charge is 0.453 e. The van der Waals surface area contributed by atoms with Gasteiger partial charge in [-0.25, -0.2) is 8.78 Å². The van der Waals surface area contributed by atoms with Crippen LogP contribution in [0.1, 0.15) is 30.7 Å². The van der Waals surface area contributed by atoms with Crippen molar-refractivity contribution in [1.29, 1.82) is 0 Å². The van der Waals surface area contributed by atoms with Gasteiger partial charge in [-0.2, -0.15) is 0 Å². The lowest BCUT2D eigenvalue weighted by Gasteiger charge is -2.17. The van der Waals surface area contributed by atoms with Crippen LogP contribution in [0.25, 0.3) is 0 Å². The zero-order valence-electron chi connectivity index (χ0n) is 11.4. The molecule has 0 bridgehead atoms. The number of hydrogen-bond acceptors (Lipinski definition) is 2. The molecular formula is C15H15Br2F2NO. The Morgan fingerprint density at radius 1 is 1.19 bits per heavy atom. The van der Waals surface area contributed by atoms with Crippen molar-refractivity contribution in [2.75, 3.05) is 6.54 Å². The van der Waals surface area contributed by atoms with Crippen molar-refractivity contribution in [3.05, 3.63) is 56.4 Å². The third kappa shape index (κ3) is 4.14. The summed E-state index contributed by atoms with van der Waals surface area (Å²) >= 11 is 6.33. The summed E-state index contributed by atoms with van der Waals surface area (Å²) in [5.41, 5.74) is 0.0468. The van der Waals surface area contributed by atoms with Crippen LogP contribution < -0.4 is 5.32 Å². The Kier molecular flexibility index (Phi) is 5.96. The number of rotatable bonds is 6. The Morgan fingerprint density at radius 3 is 2.57 bits per heavy atom. The van der Waals surface area contributed by atoms with Crippen LogP contribution in [0.2, 0.25) is 0 Å². The summed E-state index contributed by atoms with van der Waals surface area (Å²) < 4.78 is 34.4. The molecule has 21 heavy (non-hydrogen) atoms. The molecule has 0 amide bonds. The molecule has 2 nitrogen and oxygen atoms in total. The Bertz CT molecular complexity index is 616. The van der Waals surface area contributed by atoms with E-state index in [1.165, 1.54) is 12.1 Å². The molecule has 2 rings (SSSR count). The summed E-state index contributed by atoms with van der Waals surface area (Å²) in [6.07, 6.45) is 1.10. The number of nitrogens with one attached hydrogen (secondary N) is 1. The standard InChI is InChI=1S/C15H15Br2F2NO/c1-2-7-20-12(13-5-6-14(17)21-13)8-9-11(18)4-3-10(16)15(9)19/h3-6,12,20H,2,7-8H2,1H3. The topological polar surface area (TPSA) is 25.2 Å². The molecule has 1 unspecified atom stereocenters. The van der Waals surface area contributed by atoms with E-state index in [1.54, 1.807) is 12.1 Å². The Morgan fingerprint density at radius 2 is 1.95 bits per heavy atom. The van der Waals surface area contributed by atoms with Crippen LogP contribution in [0.4, 0.5) is 8.78 Å². The first-order valence-electron chi connectivity index (χ1n) is 6.64. The first-order chi connectivity index (χ1) is 10.0. The van der Waals surface area contributed by atoms with Crippen LogP contribution >= 0.6 is 31.9 Å². The molecule has 1 heterocycles. The second kappa shape index (κ2) is 7.51. The highest BCUT2D eigenvalue weighted by atomic mass is 79.9. The molecule has 114 valence electrons. The third-order valence-electron chi connectivity index (χ3n) is 3.13. The molecule has 0 radical (unpaired) electrons. The van der Waals surface area contributed by atoms with E-state index in [4.69, 9.17) is 4.42 Å². The highest BCUT2D eigenvalue weighted by Gasteiger charge is 2.21. The van der Waals surface area contributed by atoms with Crippen LogP contribution in [0.5, 0.6) is 0 Å². The molecular weight excluding hydrogens is 408 g/mol.